The molecule has 0 bridgehead atoms. The van der Waals surface area contributed by atoms with Crippen molar-refractivity contribution in [3.05, 3.63) is 0 Å². The molecule has 0 radical (unpaired) electrons. The fourth-order valence-electron chi connectivity index (χ4n) is 7.99. The quantitative estimate of drug-likeness (QED) is 0.0345. The molecule has 0 rings (SSSR count). The molecule has 59 heavy (non-hydrogen) atoms. The summed E-state index contributed by atoms with van der Waals surface area (Å²) in [5, 5.41) is 0. The minimum atomic E-state index is -0.761. The van der Waals surface area contributed by atoms with Gasteiger partial charge in [-0.05, 0) is 31.1 Å². The Hall–Kier alpha value is -1.59. The molecule has 0 saturated carbocycles. The lowest BCUT2D eigenvalue weighted by molar-refractivity contribution is -0.167. The minimum Gasteiger partial charge on any atom is -0.462 e. The molecule has 0 amide bonds. The van der Waals surface area contributed by atoms with Crippen LogP contribution in [0.1, 0.15) is 291 Å². The highest BCUT2D eigenvalue weighted by molar-refractivity contribution is 5.71. The Morgan fingerprint density at radius 3 is 0.831 bits per heavy atom. The van der Waals surface area contributed by atoms with Gasteiger partial charge >= 0.3 is 17.9 Å². The summed E-state index contributed by atoms with van der Waals surface area (Å²) in [5.41, 5.74) is 0. The van der Waals surface area contributed by atoms with E-state index < -0.39 is 6.10 Å². The van der Waals surface area contributed by atoms with E-state index in [-0.39, 0.29) is 31.1 Å². The van der Waals surface area contributed by atoms with Crippen LogP contribution in [0.3, 0.4) is 0 Å². The zero-order chi connectivity index (χ0) is 43.3. The van der Waals surface area contributed by atoms with Gasteiger partial charge < -0.3 is 14.2 Å². The van der Waals surface area contributed by atoms with Gasteiger partial charge in [-0.1, -0.05) is 253 Å². The van der Waals surface area contributed by atoms with E-state index in [1.165, 1.54) is 180 Å². The van der Waals surface area contributed by atoms with Crippen molar-refractivity contribution in [1.82, 2.24) is 0 Å². The van der Waals surface area contributed by atoms with E-state index in [9.17, 15) is 14.4 Å². The summed E-state index contributed by atoms with van der Waals surface area (Å²) < 4.78 is 16.8. The molecule has 0 aromatic carbocycles. The molecular formula is C53H102O6. The van der Waals surface area contributed by atoms with Gasteiger partial charge in [0.25, 0.3) is 0 Å². The van der Waals surface area contributed by atoms with E-state index in [4.69, 9.17) is 14.2 Å². The zero-order valence-corrected chi connectivity index (χ0v) is 40.4. The van der Waals surface area contributed by atoms with Gasteiger partial charge in [-0.2, -0.15) is 0 Å². The van der Waals surface area contributed by atoms with Crippen molar-refractivity contribution in [2.45, 2.75) is 298 Å². The predicted molar refractivity (Wildman–Crippen MR) is 252 cm³/mol. The second-order valence-electron chi connectivity index (χ2n) is 19.1. The summed E-state index contributed by atoms with van der Waals surface area (Å²) in [6.45, 7) is 11.4. The van der Waals surface area contributed by atoms with E-state index in [0.717, 1.165) is 69.6 Å². The largest absolute Gasteiger partial charge is 0.462 e. The monoisotopic (exact) mass is 835 g/mol. The number of esters is 3. The number of carbonyl (C=O) groups is 3. The van der Waals surface area contributed by atoms with Crippen LogP contribution in [0, 0.1) is 11.8 Å². The third kappa shape index (κ3) is 47.3. The van der Waals surface area contributed by atoms with Gasteiger partial charge in [0, 0.05) is 19.3 Å². The highest BCUT2D eigenvalue weighted by atomic mass is 16.6. The molecule has 0 unspecified atom stereocenters. The molecule has 0 aromatic heterocycles. The Morgan fingerprint density at radius 2 is 0.559 bits per heavy atom. The van der Waals surface area contributed by atoms with E-state index in [0.29, 0.717) is 19.3 Å². The molecule has 0 fully saturated rings. The van der Waals surface area contributed by atoms with Crippen LogP contribution in [-0.2, 0) is 28.6 Å². The third-order valence-electron chi connectivity index (χ3n) is 12.0. The summed E-state index contributed by atoms with van der Waals surface area (Å²) in [6, 6.07) is 0. The Balaban J connectivity index is 4.28. The van der Waals surface area contributed by atoms with Crippen LogP contribution in [0.15, 0.2) is 0 Å². The summed E-state index contributed by atoms with van der Waals surface area (Å²) in [5.74, 6) is 0.806. The van der Waals surface area contributed by atoms with Crippen molar-refractivity contribution < 1.29 is 28.6 Å². The normalized spacial score (nSPS) is 12.1. The van der Waals surface area contributed by atoms with Crippen molar-refractivity contribution in [2.24, 2.45) is 11.8 Å². The van der Waals surface area contributed by atoms with Crippen LogP contribution in [0.2, 0.25) is 0 Å². The highest BCUT2D eigenvalue weighted by Crippen LogP contribution is 2.17. The molecule has 0 spiro atoms. The van der Waals surface area contributed by atoms with Crippen molar-refractivity contribution in [3.8, 4) is 0 Å². The van der Waals surface area contributed by atoms with Gasteiger partial charge in [-0.25, -0.2) is 0 Å². The van der Waals surface area contributed by atoms with E-state index in [1.807, 2.05) is 0 Å². The Labute approximate surface area is 368 Å². The second-order valence-corrected chi connectivity index (χ2v) is 19.1. The summed E-state index contributed by atoms with van der Waals surface area (Å²) in [4.78, 5) is 37.9. The maximum Gasteiger partial charge on any atom is 0.306 e. The molecule has 0 aliphatic carbocycles. The van der Waals surface area contributed by atoms with Gasteiger partial charge in [0.1, 0.15) is 13.2 Å². The summed E-state index contributed by atoms with van der Waals surface area (Å²) >= 11 is 0. The van der Waals surface area contributed by atoms with Crippen LogP contribution in [0.4, 0.5) is 0 Å². The van der Waals surface area contributed by atoms with Crippen molar-refractivity contribution in [2.75, 3.05) is 13.2 Å². The third-order valence-corrected chi connectivity index (χ3v) is 12.0. The van der Waals surface area contributed by atoms with Gasteiger partial charge in [-0.15, -0.1) is 0 Å². The molecule has 0 heterocycles. The molecular weight excluding hydrogens is 733 g/mol. The average molecular weight is 835 g/mol. The predicted octanol–water partition coefficient (Wildman–Crippen LogP) is 16.9. The summed E-state index contributed by atoms with van der Waals surface area (Å²) in [6.07, 6.45) is 46.6. The SMILES string of the molecule is CCCCCCCCCCCCCCC(=O)O[C@@H](COC(=O)CCCCCCCCCCCCCCCCC(C)C)COC(=O)CCCCCCCCCCCC(C)C. The molecule has 0 saturated heterocycles. The first kappa shape index (κ1) is 57.4. The van der Waals surface area contributed by atoms with Gasteiger partial charge in [0.05, 0.1) is 0 Å². The molecule has 6 heteroatoms. The lowest BCUT2D eigenvalue weighted by Gasteiger charge is -2.18. The maximum absolute atomic E-state index is 12.8. The molecule has 1 atom stereocenters. The van der Waals surface area contributed by atoms with Crippen LogP contribution < -0.4 is 0 Å². The topological polar surface area (TPSA) is 78.9 Å². The lowest BCUT2D eigenvalue weighted by Crippen LogP contribution is -2.30. The first-order valence-electron chi connectivity index (χ1n) is 26.2. The number of carbonyl (C=O) groups excluding carboxylic acids is 3. The fourth-order valence-corrected chi connectivity index (χ4v) is 7.99. The average Bonchev–Trinajstić information content (AvgIpc) is 3.20. The molecule has 0 aliphatic heterocycles. The van der Waals surface area contributed by atoms with Crippen molar-refractivity contribution in [1.29, 1.82) is 0 Å². The Morgan fingerprint density at radius 1 is 0.322 bits per heavy atom. The number of hydrogen-bond donors (Lipinski definition) is 0. The fraction of sp³-hybridized carbons (Fsp3) is 0.943. The first-order chi connectivity index (χ1) is 28.7. The zero-order valence-electron chi connectivity index (χ0n) is 40.4. The smallest absolute Gasteiger partial charge is 0.306 e. The van der Waals surface area contributed by atoms with Crippen LogP contribution >= 0.6 is 0 Å². The minimum absolute atomic E-state index is 0.0636. The Kier molecular flexibility index (Phi) is 44.7. The van der Waals surface area contributed by atoms with Gasteiger partial charge in [-0.3, -0.25) is 14.4 Å². The number of hydrogen-bond acceptors (Lipinski definition) is 6. The van der Waals surface area contributed by atoms with E-state index >= 15 is 0 Å². The summed E-state index contributed by atoms with van der Waals surface area (Å²) in [7, 11) is 0. The molecule has 0 aliphatic rings. The number of unbranched alkanes of at least 4 members (excludes halogenated alkanes) is 32. The second kappa shape index (κ2) is 45.9. The molecule has 6 nitrogen and oxygen atoms in total. The van der Waals surface area contributed by atoms with Crippen molar-refractivity contribution >= 4 is 17.9 Å². The molecule has 0 N–H and O–H groups in total. The maximum atomic E-state index is 12.8. The molecule has 350 valence electrons. The molecule has 0 aromatic rings. The Bertz CT molecular complexity index is 900. The van der Waals surface area contributed by atoms with Crippen LogP contribution in [0.5, 0.6) is 0 Å². The number of rotatable bonds is 47. The van der Waals surface area contributed by atoms with E-state index in [2.05, 4.69) is 34.6 Å². The first-order valence-corrected chi connectivity index (χ1v) is 26.2. The van der Waals surface area contributed by atoms with Crippen molar-refractivity contribution in [3.63, 3.8) is 0 Å². The van der Waals surface area contributed by atoms with Gasteiger partial charge in [0.15, 0.2) is 6.10 Å². The van der Waals surface area contributed by atoms with Crippen LogP contribution in [0.25, 0.3) is 0 Å². The van der Waals surface area contributed by atoms with Crippen LogP contribution in [-0.4, -0.2) is 37.2 Å². The lowest BCUT2D eigenvalue weighted by atomic mass is 10.0. The van der Waals surface area contributed by atoms with Gasteiger partial charge in [0.2, 0.25) is 0 Å². The standard InChI is InChI=1S/C53H102O6/c1-6-7-8-9-10-11-12-18-24-30-35-40-45-53(56)59-50(47-58-52(55)44-39-34-29-25-20-22-27-32-37-42-49(4)5)46-57-51(54)43-38-33-28-23-19-16-14-13-15-17-21-26-31-36-41-48(2)3/h48-50H,6-47H2,1-5H3/t50-/m0/s1. The number of ether oxygens (including phenoxy) is 3. The highest BCUT2D eigenvalue weighted by Gasteiger charge is 2.19. The van der Waals surface area contributed by atoms with E-state index in [1.54, 1.807) is 0 Å².